The van der Waals surface area contributed by atoms with Crippen molar-refractivity contribution in [1.29, 1.82) is 0 Å². The van der Waals surface area contributed by atoms with Gasteiger partial charge in [0.1, 0.15) is 5.75 Å². The van der Waals surface area contributed by atoms with Gasteiger partial charge in [-0.05, 0) is 37.0 Å². The smallest absolute Gasteiger partial charge is 0.239 e. The Labute approximate surface area is 133 Å². The van der Waals surface area contributed by atoms with Gasteiger partial charge in [-0.25, -0.2) is 0 Å². The van der Waals surface area contributed by atoms with Crippen molar-refractivity contribution in [2.75, 3.05) is 19.8 Å². The number of nitrogens with two attached hydrogens (primary N) is 1. The molecule has 124 valence electrons. The Morgan fingerprint density at radius 1 is 1.41 bits per heavy atom. The van der Waals surface area contributed by atoms with Crippen LogP contribution in [0.5, 0.6) is 5.75 Å². The molecule has 0 aliphatic carbocycles. The van der Waals surface area contributed by atoms with Gasteiger partial charge in [-0.1, -0.05) is 26.0 Å². The van der Waals surface area contributed by atoms with Gasteiger partial charge in [-0.3, -0.25) is 4.79 Å². The molecular weight excluding hydrogens is 280 g/mol. The Balaban J connectivity index is 2.78. The molecule has 1 rings (SSSR count). The molecule has 5 heteroatoms. The van der Waals surface area contributed by atoms with Crippen molar-refractivity contribution in [3.8, 4) is 5.75 Å². The molecule has 0 aliphatic rings. The van der Waals surface area contributed by atoms with Crippen molar-refractivity contribution < 1.29 is 14.6 Å². The summed E-state index contributed by atoms with van der Waals surface area (Å²) < 4.78 is 5.47. The van der Waals surface area contributed by atoms with Gasteiger partial charge in [0.2, 0.25) is 5.91 Å². The monoisotopic (exact) mass is 308 g/mol. The van der Waals surface area contributed by atoms with Crippen molar-refractivity contribution in [3.63, 3.8) is 0 Å². The van der Waals surface area contributed by atoms with Crippen LogP contribution in [0.15, 0.2) is 24.3 Å². The summed E-state index contributed by atoms with van der Waals surface area (Å²) in [7, 11) is 0. The number of hydrogen-bond acceptors (Lipinski definition) is 4. The van der Waals surface area contributed by atoms with E-state index in [-0.39, 0.29) is 19.1 Å². The van der Waals surface area contributed by atoms with E-state index < -0.39 is 6.04 Å². The number of ether oxygens (including phenoxy) is 1. The maximum absolute atomic E-state index is 12.4. The van der Waals surface area contributed by atoms with Gasteiger partial charge in [0, 0.05) is 13.1 Å². The summed E-state index contributed by atoms with van der Waals surface area (Å²) >= 11 is 0. The quantitative estimate of drug-likeness (QED) is 0.729. The van der Waals surface area contributed by atoms with E-state index in [1.807, 2.05) is 45.0 Å². The lowest BCUT2D eigenvalue weighted by Gasteiger charge is -2.26. The number of hydrogen-bond donors (Lipinski definition) is 2. The largest absolute Gasteiger partial charge is 0.494 e. The second kappa shape index (κ2) is 9.43. The van der Waals surface area contributed by atoms with Crippen LogP contribution in [0, 0.1) is 5.92 Å². The fourth-order valence-electron chi connectivity index (χ4n) is 2.35. The first-order valence-corrected chi connectivity index (χ1v) is 7.84. The summed E-state index contributed by atoms with van der Waals surface area (Å²) in [5.74, 6) is 1.02. The molecule has 1 aromatic carbocycles. The molecule has 1 amide bonds. The van der Waals surface area contributed by atoms with Crippen molar-refractivity contribution in [2.24, 2.45) is 11.7 Å². The Bertz CT molecular complexity index is 463. The first kappa shape index (κ1) is 18.5. The van der Waals surface area contributed by atoms with Gasteiger partial charge in [0.05, 0.1) is 19.3 Å². The number of benzene rings is 1. The number of aliphatic hydroxyl groups excluding tert-OH is 1. The van der Waals surface area contributed by atoms with Crippen LogP contribution in [0.25, 0.3) is 0 Å². The number of carbonyl (C=O) groups is 1. The van der Waals surface area contributed by atoms with Crippen LogP contribution in [0.1, 0.15) is 32.8 Å². The molecule has 0 radical (unpaired) electrons. The van der Waals surface area contributed by atoms with E-state index in [2.05, 4.69) is 0 Å². The fraction of sp³-hybridized carbons (Fsp3) is 0.588. The van der Waals surface area contributed by atoms with Crippen LogP contribution in [-0.4, -0.2) is 41.7 Å². The van der Waals surface area contributed by atoms with Crippen LogP contribution in [-0.2, 0) is 11.3 Å². The van der Waals surface area contributed by atoms with Crippen molar-refractivity contribution in [3.05, 3.63) is 29.8 Å². The summed E-state index contributed by atoms with van der Waals surface area (Å²) in [6, 6.07) is 7.11. The average molecular weight is 308 g/mol. The van der Waals surface area contributed by atoms with Gasteiger partial charge < -0.3 is 20.5 Å². The molecule has 5 nitrogen and oxygen atoms in total. The molecule has 3 N–H and O–H groups in total. The maximum Gasteiger partial charge on any atom is 0.239 e. The first-order chi connectivity index (χ1) is 10.5. The predicted octanol–water partition coefficient (Wildman–Crippen LogP) is 1.78. The van der Waals surface area contributed by atoms with Gasteiger partial charge in [0.25, 0.3) is 0 Å². The van der Waals surface area contributed by atoms with Crippen molar-refractivity contribution >= 4 is 5.91 Å². The molecule has 0 saturated heterocycles. The molecule has 0 aliphatic heterocycles. The second-order valence-corrected chi connectivity index (χ2v) is 5.80. The zero-order chi connectivity index (χ0) is 16.5. The third-order valence-corrected chi connectivity index (χ3v) is 3.31. The van der Waals surface area contributed by atoms with E-state index in [1.54, 1.807) is 4.90 Å². The summed E-state index contributed by atoms with van der Waals surface area (Å²) in [5, 5.41) is 9.21. The topological polar surface area (TPSA) is 75.8 Å². The molecule has 1 aromatic rings. The van der Waals surface area contributed by atoms with Gasteiger partial charge in [-0.15, -0.1) is 0 Å². The first-order valence-electron chi connectivity index (χ1n) is 7.84. The van der Waals surface area contributed by atoms with E-state index in [9.17, 15) is 9.90 Å². The zero-order valence-electron chi connectivity index (χ0n) is 13.8. The maximum atomic E-state index is 12.4. The standard InChI is InChI=1S/C17H28N2O3/c1-4-22-15-7-5-6-14(11-15)12-19(8-9-20)17(21)16(18)10-13(2)3/h5-7,11,13,16,20H,4,8-10,12,18H2,1-3H3/t16-/m0/s1. The lowest BCUT2D eigenvalue weighted by Crippen LogP contribution is -2.45. The number of rotatable bonds is 9. The minimum atomic E-state index is -0.526. The van der Waals surface area contributed by atoms with Gasteiger partial charge in [-0.2, -0.15) is 0 Å². The molecule has 22 heavy (non-hydrogen) atoms. The third-order valence-electron chi connectivity index (χ3n) is 3.31. The van der Waals surface area contributed by atoms with Crippen LogP contribution < -0.4 is 10.5 Å². The van der Waals surface area contributed by atoms with Gasteiger partial charge >= 0.3 is 0 Å². The Morgan fingerprint density at radius 3 is 2.73 bits per heavy atom. The number of carbonyl (C=O) groups excluding carboxylic acids is 1. The predicted molar refractivity (Wildman–Crippen MR) is 87.5 cm³/mol. The molecule has 0 unspecified atom stereocenters. The van der Waals surface area contributed by atoms with Crippen LogP contribution in [0.2, 0.25) is 0 Å². The Kier molecular flexibility index (Phi) is 7.91. The molecule has 0 bridgehead atoms. The van der Waals surface area contributed by atoms with E-state index in [0.717, 1.165) is 11.3 Å². The molecule has 0 spiro atoms. The number of aliphatic hydroxyl groups is 1. The highest BCUT2D eigenvalue weighted by atomic mass is 16.5. The molecule has 0 aromatic heterocycles. The lowest BCUT2D eigenvalue weighted by atomic mass is 10.0. The highest BCUT2D eigenvalue weighted by molar-refractivity contribution is 5.81. The minimum absolute atomic E-state index is 0.0781. The third kappa shape index (κ3) is 6.03. The molecule has 0 fully saturated rings. The summed E-state index contributed by atoms with van der Waals surface area (Å²) in [5.41, 5.74) is 6.95. The van der Waals surface area contributed by atoms with E-state index in [0.29, 0.717) is 25.5 Å². The van der Waals surface area contributed by atoms with E-state index in [1.165, 1.54) is 0 Å². The zero-order valence-corrected chi connectivity index (χ0v) is 13.8. The van der Waals surface area contributed by atoms with E-state index in [4.69, 9.17) is 10.5 Å². The van der Waals surface area contributed by atoms with Gasteiger partial charge in [0.15, 0.2) is 0 Å². The highest BCUT2D eigenvalue weighted by Crippen LogP contribution is 2.16. The Hall–Kier alpha value is -1.59. The lowest BCUT2D eigenvalue weighted by molar-refractivity contribution is -0.134. The highest BCUT2D eigenvalue weighted by Gasteiger charge is 2.21. The average Bonchev–Trinajstić information content (AvgIpc) is 2.46. The summed E-state index contributed by atoms with van der Waals surface area (Å²) in [4.78, 5) is 14.1. The second-order valence-electron chi connectivity index (χ2n) is 5.80. The number of amides is 1. The number of nitrogens with zero attached hydrogens (tertiary/aromatic N) is 1. The minimum Gasteiger partial charge on any atom is -0.494 e. The van der Waals surface area contributed by atoms with Crippen LogP contribution in [0.4, 0.5) is 0 Å². The van der Waals surface area contributed by atoms with Crippen molar-refractivity contribution in [2.45, 2.75) is 39.8 Å². The SMILES string of the molecule is CCOc1cccc(CN(CCO)C(=O)[C@@H](N)CC(C)C)c1. The normalized spacial score (nSPS) is 12.3. The molecular formula is C17H28N2O3. The Morgan fingerprint density at radius 2 is 2.14 bits per heavy atom. The molecule has 0 saturated carbocycles. The molecule has 1 atom stereocenters. The van der Waals surface area contributed by atoms with Crippen molar-refractivity contribution in [1.82, 2.24) is 4.90 Å². The van der Waals surface area contributed by atoms with Crippen LogP contribution in [0.3, 0.4) is 0 Å². The summed E-state index contributed by atoms with van der Waals surface area (Å²) in [6.45, 7) is 7.23. The van der Waals surface area contributed by atoms with E-state index >= 15 is 0 Å². The summed E-state index contributed by atoms with van der Waals surface area (Å²) in [6.07, 6.45) is 0.639. The fourth-order valence-corrected chi connectivity index (χ4v) is 2.35. The van der Waals surface area contributed by atoms with Crippen LogP contribution >= 0.6 is 0 Å². The molecule has 0 heterocycles.